The van der Waals surface area contributed by atoms with Gasteiger partial charge in [-0.15, -0.1) is 0 Å². The van der Waals surface area contributed by atoms with E-state index in [-0.39, 0.29) is 28.6 Å². The Hall–Kier alpha value is -1.82. The van der Waals surface area contributed by atoms with Crippen LogP contribution in [0, 0.1) is 0 Å². The summed E-state index contributed by atoms with van der Waals surface area (Å²) in [5.74, 6) is -0.531. The molecule has 0 aliphatic heterocycles. The van der Waals surface area contributed by atoms with Crippen LogP contribution in [0.3, 0.4) is 0 Å². The second-order valence-corrected chi connectivity index (χ2v) is 3.38. The van der Waals surface area contributed by atoms with Crippen molar-refractivity contribution >= 4 is 28.6 Å². The molecule has 0 fully saturated rings. The lowest BCUT2D eigenvalue weighted by Gasteiger charge is -1.96. The van der Waals surface area contributed by atoms with Crippen LogP contribution in [0.2, 0.25) is 5.28 Å². The van der Waals surface area contributed by atoms with Crippen LogP contribution in [-0.4, -0.2) is 27.5 Å². The smallest absolute Gasteiger partial charge is 0.354 e. The molecule has 7 heteroatoms. The van der Waals surface area contributed by atoms with E-state index in [1.165, 1.54) is 6.07 Å². The Balaban J connectivity index is 2.56. The van der Waals surface area contributed by atoms with Crippen LogP contribution in [0.1, 0.15) is 17.4 Å². The first kappa shape index (κ1) is 10.7. The molecule has 6 nitrogen and oxygen atoms in total. The molecule has 0 aliphatic carbocycles. The van der Waals surface area contributed by atoms with E-state index in [4.69, 9.17) is 16.3 Å². The second kappa shape index (κ2) is 3.97. The molecule has 2 aromatic heterocycles. The van der Waals surface area contributed by atoms with Crippen molar-refractivity contribution in [2.24, 2.45) is 0 Å². The van der Waals surface area contributed by atoms with E-state index in [2.05, 4.69) is 15.0 Å². The van der Waals surface area contributed by atoms with Gasteiger partial charge in [0.1, 0.15) is 11.3 Å². The van der Waals surface area contributed by atoms with Gasteiger partial charge >= 0.3 is 5.97 Å². The molecular formula is C9H8ClN3O3. The minimum Gasteiger partial charge on any atom is -0.461 e. The number of nitrogens with zero attached hydrogens (tertiary/aromatic N) is 1. The quantitative estimate of drug-likeness (QED) is 0.608. The lowest BCUT2D eigenvalue weighted by Crippen LogP contribution is -2.06. The van der Waals surface area contributed by atoms with Gasteiger partial charge in [0.15, 0.2) is 0 Å². The fraction of sp³-hybridized carbons (Fsp3) is 0.222. The summed E-state index contributed by atoms with van der Waals surface area (Å²) in [5, 5.41) is 0.238. The van der Waals surface area contributed by atoms with Gasteiger partial charge in [-0.25, -0.2) is 9.78 Å². The second-order valence-electron chi connectivity index (χ2n) is 3.02. The van der Waals surface area contributed by atoms with Crippen molar-refractivity contribution in [3.8, 4) is 0 Å². The van der Waals surface area contributed by atoms with Gasteiger partial charge in [0.05, 0.1) is 12.0 Å². The molecule has 0 saturated heterocycles. The van der Waals surface area contributed by atoms with Crippen molar-refractivity contribution in [3.63, 3.8) is 0 Å². The van der Waals surface area contributed by atoms with Gasteiger partial charge < -0.3 is 9.72 Å². The van der Waals surface area contributed by atoms with E-state index in [0.29, 0.717) is 0 Å². The molecule has 0 atom stereocenters. The van der Waals surface area contributed by atoms with Gasteiger partial charge in [-0.05, 0) is 24.6 Å². The maximum atomic E-state index is 11.4. The Morgan fingerprint density at radius 2 is 2.31 bits per heavy atom. The molecule has 0 radical (unpaired) electrons. The zero-order valence-electron chi connectivity index (χ0n) is 8.33. The fourth-order valence-electron chi connectivity index (χ4n) is 1.31. The first-order valence-electron chi connectivity index (χ1n) is 4.57. The maximum absolute atomic E-state index is 11.4. The maximum Gasteiger partial charge on any atom is 0.354 e. The van der Waals surface area contributed by atoms with Crippen LogP contribution in [0.4, 0.5) is 0 Å². The summed E-state index contributed by atoms with van der Waals surface area (Å²) in [7, 11) is 0. The van der Waals surface area contributed by atoms with Crippen molar-refractivity contribution in [2.45, 2.75) is 6.92 Å². The van der Waals surface area contributed by atoms with Crippen LogP contribution in [0.5, 0.6) is 0 Å². The number of carbonyl (C=O) groups excluding carboxylic acids is 1. The molecule has 0 spiro atoms. The van der Waals surface area contributed by atoms with Gasteiger partial charge in [0.25, 0.3) is 5.56 Å². The Bertz CT molecular complexity index is 602. The van der Waals surface area contributed by atoms with Crippen LogP contribution in [0.25, 0.3) is 11.0 Å². The molecule has 0 bridgehead atoms. The normalized spacial score (nSPS) is 10.6. The van der Waals surface area contributed by atoms with Crippen LogP contribution >= 0.6 is 11.6 Å². The summed E-state index contributed by atoms with van der Waals surface area (Å²) in [5.41, 5.74) is 0.0377. The number of aromatic nitrogens is 3. The number of rotatable bonds is 2. The number of aromatic amines is 2. The van der Waals surface area contributed by atoms with Gasteiger partial charge in [0, 0.05) is 0 Å². The Labute approximate surface area is 94.6 Å². The molecule has 0 unspecified atom stereocenters. The predicted molar refractivity (Wildman–Crippen MR) is 57.7 cm³/mol. The SMILES string of the molecule is CCOC(=O)c1cc2c(=O)[nH]c(Cl)nc2[nH]1. The molecule has 0 aromatic carbocycles. The standard InChI is InChI=1S/C9H8ClN3O3/c1-2-16-8(15)5-3-4-6(11-5)12-9(10)13-7(4)14/h3H,2H2,1H3,(H2,11,12,13,14). The summed E-state index contributed by atoms with van der Waals surface area (Å²) in [6.45, 7) is 1.96. The molecule has 0 saturated carbocycles. The summed E-state index contributed by atoms with van der Waals surface area (Å²) in [6, 6.07) is 1.38. The lowest BCUT2D eigenvalue weighted by atomic mass is 10.3. The first-order valence-corrected chi connectivity index (χ1v) is 4.95. The molecule has 0 aliphatic rings. The monoisotopic (exact) mass is 241 g/mol. The summed E-state index contributed by atoms with van der Waals surface area (Å²) in [6.07, 6.45) is 0. The van der Waals surface area contributed by atoms with Gasteiger partial charge in [-0.2, -0.15) is 0 Å². The Kier molecular flexibility index (Phi) is 2.66. The third-order valence-corrected chi connectivity index (χ3v) is 2.14. The summed E-state index contributed by atoms with van der Waals surface area (Å²) >= 11 is 5.57. The molecule has 84 valence electrons. The number of carbonyl (C=O) groups is 1. The predicted octanol–water partition coefficient (Wildman–Crippen LogP) is 1.08. The lowest BCUT2D eigenvalue weighted by molar-refractivity contribution is 0.0520. The average Bonchev–Trinajstić information content (AvgIpc) is 2.62. The van der Waals surface area contributed by atoms with Gasteiger partial charge in [-0.1, -0.05) is 0 Å². The van der Waals surface area contributed by atoms with Crippen molar-refractivity contribution in [2.75, 3.05) is 6.61 Å². The molecular weight excluding hydrogens is 234 g/mol. The number of ether oxygens (including phenoxy) is 1. The average molecular weight is 242 g/mol. The topological polar surface area (TPSA) is 87.8 Å². The van der Waals surface area contributed by atoms with Crippen molar-refractivity contribution < 1.29 is 9.53 Å². The highest BCUT2D eigenvalue weighted by molar-refractivity contribution is 6.28. The number of fused-ring (bicyclic) bond motifs is 1. The number of hydrogen-bond donors (Lipinski definition) is 2. The molecule has 0 amide bonds. The molecule has 16 heavy (non-hydrogen) atoms. The van der Waals surface area contributed by atoms with E-state index in [1.807, 2.05) is 0 Å². The Morgan fingerprint density at radius 1 is 1.56 bits per heavy atom. The number of halogens is 1. The van der Waals surface area contributed by atoms with Crippen LogP contribution in [-0.2, 0) is 4.74 Å². The molecule has 2 rings (SSSR count). The third kappa shape index (κ3) is 1.79. The zero-order chi connectivity index (χ0) is 11.7. The van der Waals surface area contributed by atoms with E-state index in [1.54, 1.807) is 6.92 Å². The molecule has 2 N–H and O–H groups in total. The van der Waals surface area contributed by atoms with Crippen molar-refractivity contribution in [1.82, 2.24) is 15.0 Å². The fourth-order valence-corrected chi connectivity index (χ4v) is 1.48. The van der Waals surface area contributed by atoms with Crippen molar-refractivity contribution in [1.29, 1.82) is 0 Å². The number of H-pyrrole nitrogens is 2. The minimum atomic E-state index is -0.531. The van der Waals surface area contributed by atoms with E-state index >= 15 is 0 Å². The van der Waals surface area contributed by atoms with Gasteiger partial charge in [-0.3, -0.25) is 9.78 Å². The number of esters is 1. The summed E-state index contributed by atoms with van der Waals surface area (Å²) in [4.78, 5) is 31.7. The minimum absolute atomic E-state index is 0.0326. The van der Waals surface area contributed by atoms with E-state index in [0.717, 1.165) is 0 Å². The van der Waals surface area contributed by atoms with Crippen molar-refractivity contribution in [3.05, 3.63) is 27.4 Å². The first-order chi connectivity index (χ1) is 7.61. The van der Waals surface area contributed by atoms with E-state index in [9.17, 15) is 9.59 Å². The molecule has 2 aromatic rings. The highest BCUT2D eigenvalue weighted by atomic mass is 35.5. The van der Waals surface area contributed by atoms with Gasteiger partial charge in [0.2, 0.25) is 5.28 Å². The van der Waals surface area contributed by atoms with E-state index < -0.39 is 11.5 Å². The van der Waals surface area contributed by atoms with Crippen LogP contribution in [0.15, 0.2) is 10.9 Å². The zero-order valence-corrected chi connectivity index (χ0v) is 9.09. The third-order valence-electron chi connectivity index (χ3n) is 1.96. The molecule has 2 heterocycles. The largest absolute Gasteiger partial charge is 0.461 e. The number of hydrogen-bond acceptors (Lipinski definition) is 4. The Morgan fingerprint density at radius 3 is 3.00 bits per heavy atom. The number of nitrogens with one attached hydrogen (secondary N) is 2. The highest BCUT2D eigenvalue weighted by Gasteiger charge is 2.13. The summed E-state index contributed by atoms with van der Waals surface area (Å²) < 4.78 is 4.78. The highest BCUT2D eigenvalue weighted by Crippen LogP contribution is 2.11. The van der Waals surface area contributed by atoms with Crippen LogP contribution < -0.4 is 5.56 Å².